The second-order valence-corrected chi connectivity index (χ2v) is 6.24. The molecular formula is C18H22N2O3S. The lowest BCUT2D eigenvalue weighted by Gasteiger charge is -2.25. The van der Waals surface area contributed by atoms with Gasteiger partial charge in [0.15, 0.2) is 16.6 Å². The molecule has 1 aliphatic carbocycles. The molecule has 1 aromatic heterocycles. The monoisotopic (exact) mass is 346 g/mol. The topological polar surface area (TPSA) is 46.9 Å². The Morgan fingerprint density at radius 3 is 2.62 bits per heavy atom. The van der Waals surface area contributed by atoms with Crippen LogP contribution in [0.3, 0.4) is 0 Å². The molecule has 3 rings (SSSR count). The minimum atomic E-state index is 0.516. The Balaban J connectivity index is 1.75. The predicted molar refractivity (Wildman–Crippen MR) is 96.3 cm³/mol. The summed E-state index contributed by atoms with van der Waals surface area (Å²) in [5.74, 6) is 2.32. The van der Waals surface area contributed by atoms with Crippen molar-refractivity contribution >= 4 is 17.3 Å². The van der Waals surface area contributed by atoms with Crippen LogP contribution in [0.1, 0.15) is 24.2 Å². The fraction of sp³-hybridized carbons (Fsp3) is 0.389. The molecule has 1 fully saturated rings. The Morgan fingerprint density at radius 2 is 2.00 bits per heavy atom. The summed E-state index contributed by atoms with van der Waals surface area (Å²) >= 11 is 5.59. The molecule has 0 amide bonds. The van der Waals surface area contributed by atoms with E-state index in [2.05, 4.69) is 10.2 Å². The molecule has 2 aromatic rings. The Hall–Kier alpha value is -2.21. The van der Waals surface area contributed by atoms with E-state index >= 15 is 0 Å². The Labute approximate surface area is 147 Å². The van der Waals surface area contributed by atoms with E-state index < -0.39 is 0 Å². The van der Waals surface area contributed by atoms with Crippen LogP contribution in [-0.4, -0.2) is 30.3 Å². The first kappa shape index (κ1) is 16.6. The molecule has 5 nitrogen and oxygen atoms in total. The minimum absolute atomic E-state index is 0.516. The lowest BCUT2D eigenvalue weighted by Crippen LogP contribution is -2.39. The standard InChI is InChI=1S/C18H22N2O3S/c1-21-16-8-5-13(10-17(16)22-2)11-20(12-15-4-3-9-23-15)18(24)19-14-6-7-14/h3-5,8-10,14H,6-7,11-12H2,1-2H3,(H,19,24). The smallest absolute Gasteiger partial charge is 0.169 e. The maximum atomic E-state index is 5.59. The van der Waals surface area contributed by atoms with Crippen molar-refractivity contribution in [1.82, 2.24) is 10.2 Å². The van der Waals surface area contributed by atoms with Crippen molar-refractivity contribution in [3.8, 4) is 11.5 Å². The van der Waals surface area contributed by atoms with Gasteiger partial charge in [0.05, 0.1) is 27.0 Å². The molecule has 1 aromatic carbocycles. The predicted octanol–water partition coefficient (Wildman–Crippen LogP) is 3.34. The van der Waals surface area contributed by atoms with Crippen LogP contribution in [0.25, 0.3) is 0 Å². The quantitative estimate of drug-likeness (QED) is 0.776. The number of furan rings is 1. The lowest BCUT2D eigenvalue weighted by molar-refractivity contribution is 0.343. The number of nitrogens with zero attached hydrogens (tertiary/aromatic N) is 1. The maximum absolute atomic E-state index is 5.59. The zero-order valence-electron chi connectivity index (χ0n) is 14.0. The van der Waals surface area contributed by atoms with E-state index in [4.69, 9.17) is 26.1 Å². The molecule has 1 aliphatic rings. The summed E-state index contributed by atoms with van der Waals surface area (Å²) < 4.78 is 16.2. The summed E-state index contributed by atoms with van der Waals surface area (Å²) in [6.45, 7) is 1.29. The number of hydrogen-bond donors (Lipinski definition) is 1. The summed E-state index contributed by atoms with van der Waals surface area (Å²) in [7, 11) is 3.27. The molecule has 0 atom stereocenters. The summed E-state index contributed by atoms with van der Waals surface area (Å²) in [5.41, 5.74) is 1.10. The third-order valence-corrected chi connectivity index (χ3v) is 4.32. The molecule has 0 radical (unpaired) electrons. The molecule has 0 unspecified atom stereocenters. The van der Waals surface area contributed by atoms with E-state index in [9.17, 15) is 0 Å². The second kappa shape index (κ2) is 7.57. The highest BCUT2D eigenvalue weighted by Gasteiger charge is 2.24. The number of methoxy groups -OCH3 is 2. The molecular weight excluding hydrogens is 324 g/mol. The van der Waals surface area contributed by atoms with Crippen molar-refractivity contribution in [3.05, 3.63) is 47.9 Å². The van der Waals surface area contributed by atoms with Crippen LogP contribution in [0.4, 0.5) is 0 Å². The zero-order valence-corrected chi connectivity index (χ0v) is 14.8. The molecule has 0 bridgehead atoms. The van der Waals surface area contributed by atoms with Crippen LogP contribution in [0.5, 0.6) is 11.5 Å². The van der Waals surface area contributed by atoms with Gasteiger partial charge in [-0.2, -0.15) is 0 Å². The molecule has 0 saturated heterocycles. The van der Waals surface area contributed by atoms with E-state index in [0.29, 0.717) is 24.9 Å². The van der Waals surface area contributed by atoms with Gasteiger partial charge in [0.1, 0.15) is 5.76 Å². The highest BCUT2D eigenvalue weighted by Crippen LogP contribution is 2.28. The number of nitrogens with one attached hydrogen (secondary N) is 1. The second-order valence-electron chi connectivity index (χ2n) is 5.85. The van der Waals surface area contributed by atoms with E-state index in [1.165, 1.54) is 12.8 Å². The van der Waals surface area contributed by atoms with Gasteiger partial charge in [0.2, 0.25) is 0 Å². The van der Waals surface area contributed by atoms with E-state index in [0.717, 1.165) is 22.2 Å². The van der Waals surface area contributed by atoms with Gasteiger partial charge in [-0.15, -0.1) is 0 Å². The summed E-state index contributed by atoms with van der Waals surface area (Å²) in [6.07, 6.45) is 4.05. The average molecular weight is 346 g/mol. The van der Waals surface area contributed by atoms with Crippen LogP contribution >= 0.6 is 12.2 Å². The van der Waals surface area contributed by atoms with Crippen LogP contribution in [0.15, 0.2) is 41.0 Å². The van der Waals surface area contributed by atoms with Gasteiger partial charge in [-0.05, 0) is 54.9 Å². The van der Waals surface area contributed by atoms with Crippen molar-refractivity contribution < 1.29 is 13.9 Å². The van der Waals surface area contributed by atoms with Crippen molar-refractivity contribution in [2.45, 2.75) is 32.0 Å². The van der Waals surface area contributed by atoms with Gasteiger partial charge in [0.25, 0.3) is 0 Å². The first-order chi connectivity index (χ1) is 11.7. The van der Waals surface area contributed by atoms with E-state index in [-0.39, 0.29) is 0 Å². The molecule has 24 heavy (non-hydrogen) atoms. The third kappa shape index (κ3) is 4.20. The maximum Gasteiger partial charge on any atom is 0.169 e. The molecule has 1 N–H and O–H groups in total. The fourth-order valence-electron chi connectivity index (χ4n) is 2.48. The van der Waals surface area contributed by atoms with Crippen molar-refractivity contribution in [1.29, 1.82) is 0 Å². The zero-order chi connectivity index (χ0) is 16.9. The normalized spacial score (nSPS) is 13.4. The minimum Gasteiger partial charge on any atom is -0.493 e. The first-order valence-corrected chi connectivity index (χ1v) is 8.39. The van der Waals surface area contributed by atoms with Crippen LogP contribution in [-0.2, 0) is 13.1 Å². The SMILES string of the molecule is COc1ccc(CN(Cc2ccco2)C(=S)NC2CC2)cc1OC. The van der Waals surface area contributed by atoms with Crippen molar-refractivity contribution in [2.24, 2.45) is 0 Å². The van der Waals surface area contributed by atoms with Crippen LogP contribution in [0.2, 0.25) is 0 Å². The highest BCUT2D eigenvalue weighted by molar-refractivity contribution is 7.80. The molecule has 0 spiro atoms. The van der Waals surface area contributed by atoms with E-state index in [1.807, 2.05) is 30.3 Å². The number of benzene rings is 1. The molecule has 1 heterocycles. The summed E-state index contributed by atoms with van der Waals surface area (Å²) in [4.78, 5) is 2.10. The number of rotatable bonds is 7. The van der Waals surface area contributed by atoms with Gasteiger partial charge < -0.3 is 24.1 Å². The van der Waals surface area contributed by atoms with Crippen LogP contribution in [0, 0.1) is 0 Å². The average Bonchev–Trinajstić information content (AvgIpc) is 3.26. The third-order valence-electron chi connectivity index (χ3n) is 3.94. The first-order valence-electron chi connectivity index (χ1n) is 7.98. The van der Waals surface area contributed by atoms with Crippen molar-refractivity contribution in [2.75, 3.05) is 14.2 Å². The van der Waals surface area contributed by atoms with Gasteiger partial charge >= 0.3 is 0 Å². The summed E-state index contributed by atoms with van der Waals surface area (Å²) in [5, 5.41) is 4.15. The molecule has 128 valence electrons. The fourth-order valence-corrected chi connectivity index (χ4v) is 2.78. The van der Waals surface area contributed by atoms with E-state index in [1.54, 1.807) is 20.5 Å². The van der Waals surface area contributed by atoms with Gasteiger partial charge in [-0.25, -0.2) is 0 Å². The number of ether oxygens (including phenoxy) is 2. The number of hydrogen-bond acceptors (Lipinski definition) is 4. The van der Waals surface area contributed by atoms with Gasteiger partial charge in [-0.3, -0.25) is 0 Å². The van der Waals surface area contributed by atoms with Gasteiger partial charge in [0, 0.05) is 12.6 Å². The Morgan fingerprint density at radius 1 is 1.21 bits per heavy atom. The van der Waals surface area contributed by atoms with Crippen LogP contribution < -0.4 is 14.8 Å². The largest absolute Gasteiger partial charge is 0.493 e. The molecule has 1 saturated carbocycles. The lowest BCUT2D eigenvalue weighted by atomic mass is 10.2. The Bertz CT molecular complexity index is 684. The highest BCUT2D eigenvalue weighted by atomic mass is 32.1. The molecule has 0 aliphatic heterocycles. The Kier molecular flexibility index (Phi) is 5.25. The molecule has 6 heteroatoms. The van der Waals surface area contributed by atoms with Gasteiger partial charge in [-0.1, -0.05) is 6.07 Å². The summed E-state index contributed by atoms with van der Waals surface area (Å²) in [6, 6.07) is 10.3. The number of thiocarbonyl (C=S) groups is 1. The van der Waals surface area contributed by atoms with Crippen molar-refractivity contribution in [3.63, 3.8) is 0 Å².